The number of halogens is 3. The Labute approximate surface area is 202 Å². The largest absolute Gasteiger partial charge is 0.383 e. The number of benzene rings is 2. The van der Waals surface area contributed by atoms with Crippen LogP contribution in [0.15, 0.2) is 53.8 Å². The molecular formula is C23H20Cl2FN5OS. The molecule has 0 amide bonds. The summed E-state index contributed by atoms with van der Waals surface area (Å²) in [6, 6.07) is 9.81. The maximum absolute atomic E-state index is 15.1. The van der Waals surface area contributed by atoms with Crippen LogP contribution in [0.25, 0.3) is 22.2 Å². The fraction of sp³-hybridized carbons (Fsp3) is 0.217. The van der Waals surface area contributed by atoms with E-state index in [-0.39, 0.29) is 20.6 Å². The van der Waals surface area contributed by atoms with Gasteiger partial charge >= 0.3 is 0 Å². The van der Waals surface area contributed by atoms with Crippen LogP contribution in [-0.2, 0) is 11.0 Å². The van der Waals surface area contributed by atoms with Gasteiger partial charge in [-0.2, -0.15) is 0 Å². The van der Waals surface area contributed by atoms with E-state index >= 15 is 4.39 Å². The van der Waals surface area contributed by atoms with Gasteiger partial charge in [0.25, 0.3) is 0 Å². The molecule has 1 aliphatic rings. The predicted octanol–water partition coefficient (Wildman–Crippen LogP) is 6.38. The lowest BCUT2D eigenvalue weighted by Crippen LogP contribution is -2.07. The first kappa shape index (κ1) is 22.1. The normalized spacial score (nSPS) is 15.2. The maximum Gasteiger partial charge on any atom is 0.153 e. The van der Waals surface area contributed by atoms with Crippen molar-refractivity contribution < 1.29 is 8.60 Å². The number of hydrogen-bond donors (Lipinski definition) is 2. The topological polar surface area (TPSA) is 85.8 Å². The highest BCUT2D eigenvalue weighted by Gasteiger charge is 2.23. The average Bonchev–Trinajstić information content (AvgIpc) is 3.43. The zero-order chi connectivity index (χ0) is 23.1. The second-order valence-corrected chi connectivity index (χ2v) is 9.93. The van der Waals surface area contributed by atoms with Crippen molar-refractivity contribution in [1.82, 2.24) is 14.5 Å². The first-order valence-corrected chi connectivity index (χ1v) is 12.4. The summed E-state index contributed by atoms with van der Waals surface area (Å²) in [5.41, 5.74) is 8.40. The Kier molecular flexibility index (Phi) is 5.99. The molecule has 3 N–H and O–H groups in total. The Balaban J connectivity index is 1.52. The van der Waals surface area contributed by atoms with E-state index < -0.39 is 16.8 Å². The third-order valence-corrected chi connectivity index (χ3v) is 8.01. The van der Waals surface area contributed by atoms with Crippen LogP contribution >= 0.6 is 23.2 Å². The van der Waals surface area contributed by atoms with Crippen LogP contribution < -0.4 is 10.5 Å². The molecule has 10 heteroatoms. The Morgan fingerprint density at radius 1 is 1.12 bits per heavy atom. The van der Waals surface area contributed by atoms with Crippen molar-refractivity contribution in [3.8, 4) is 11.1 Å². The smallest absolute Gasteiger partial charge is 0.153 e. The molecule has 0 spiro atoms. The van der Waals surface area contributed by atoms with Gasteiger partial charge in [-0.3, -0.25) is 4.72 Å². The van der Waals surface area contributed by atoms with Gasteiger partial charge in [-0.25, -0.2) is 18.6 Å². The third kappa shape index (κ3) is 4.07. The lowest BCUT2D eigenvalue weighted by Gasteiger charge is -2.12. The lowest BCUT2D eigenvalue weighted by molar-refractivity contribution is 0.532. The highest BCUT2D eigenvalue weighted by molar-refractivity contribution is 7.86. The number of rotatable bonds is 5. The van der Waals surface area contributed by atoms with Crippen LogP contribution in [0.5, 0.6) is 0 Å². The van der Waals surface area contributed by atoms with Crippen molar-refractivity contribution in [1.29, 1.82) is 0 Å². The standard InChI is InChI=1S/C23H20Cl2FN5OS/c24-16-6-3-7-17(25)21(16)33(32)30-19-9-8-13(10-18(19)26)15-11-31(14-4-1-2-5-14)23-20(15)22(27)28-12-29-23/h3,6-12,14,30H,1-2,4-5H2,(H2,27,28,29). The van der Waals surface area contributed by atoms with Crippen molar-refractivity contribution in [2.75, 3.05) is 10.5 Å². The van der Waals surface area contributed by atoms with Crippen LogP contribution in [-0.4, -0.2) is 18.7 Å². The van der Waals surface area contributed by atoms with E-state index in [0.717, 1.165) is 24.1 Å². The molecule has 1 aliphatic carbocycles. The third-order valence-electron chi connectivity index (χ3n) is 5.94. The highest BCUT2D eigenvalue weighted by atomic mass is 35.5. The number of nitrogens with two attached hydrogens (primary N) is 1. The van der Waals surface area contributed by atoms with E-state index in [4.69, 9.17) is 28.9 Å². The molecule has 170 valence electrons. The van der Waals surface area contributed by atoms with E-state index in [2.05, 4.69) is 19.3 Å². The lowest BCUT2D eigenvalue weighted by atomic mass is 10.1. The number of fused-ring (bicyclic) bond motifs is 1. The molecule has 2 heterocycles. The summed E-state index contributed by atoms with van der Waals surface area (Å²) < 4.78 is 32.6. The summed E-state index contributed by atoms with van der Waals surface area (Å²) in [7, 11) is -1.84. The van der Waals surface area contributed by atoms with Crippen LogP contribution in [0.1, 0.15) is 31.7 Å². The SMILES string of the molecule is Nc1ncnc2c1c(-c1ccc(NS(=O)c3c(Cl)cccc3Cl)c(F)c1)cn2C1CCCC1. The molecule has 0 aliphatic heterocycles. The Morgan fingerprint density at radius 2 is 1.85 bits per heavy atom. The van der Waals surface area contributed by atoms with Gasteiger partial charge in [-0.15, -0.1) is 0 Å². The van der Waals surface area contributed by atoms with E-state index in [9.17, 15) is 4.21 Å². The number of anilines is 2. The van der Waals surface area contributed by atoms with Crippen LogP contribution in [0.4, 0.5) is 15.9 Å². The van der Waals surface area contributed by atoms with Gasteiger partial charge in [0.2, 0.25) is 0 Å². The van der Waals surface area contributed by atoms with Gasteiger partial charge in [0.05, 0.1) is 26.0 Å². The molecule has 1 saturated carbocycles. The molecule has 1 fully saturated rings. The monoisotopic (exact) mass is 503 g/mol. The minimum atomic E-state index is -1.84. The number of hydrogen-bond acceptors (Lipinski definition) is 4. The summed E-state index contributed by atoms with van der Waals surface area (Å²) in [6.07, 6.45) is 7.91. The van der Waals surface area contributed by atoms with E-state index in [0.29, 0.717) is 22.8 Å². The summed E-state index contributed by atoms with van der Waals surface area (Å²) in [5, 5.41) is 1.18. The second kappa shape index (κ2) is 8.93. The van der Waals surface area contributed by atoms with Crippen molar-refractivity contribution in [2.45, 2.75) is 36.6 Å². The minimum Gasteiger partial charge on any atom is -0.383 e. The average molecular weight is 504 g/mol. The molecule has 1 unspecified atom stereocenters. The molecule has 0 bridgehead atoms. The predicted molar refractivity (Wildman–Crippen MR) is 131 cm³/mol. The zero-order valence-electron chi connectivity index (χ0n) is 17.4. The summed E-state index contributed by atoms with van der Waals surface area (Å²) >= 11 is 12.2. The van der Waals surface area contributed by atoms with Crippen molar-refractivity contribution in [2.24, 2.45) is 0 Å². The van der Waals surface area contributed by atoms with Gasteiger partial charge < -0.3 is 10.3 Å². The van der Waals surface area contributed by atoms with Gasteiger partial charge in [0, 0.05) is 17.8 Å². The number of nitrogens with zero attached hydrogens (tertiary/aromatic N) is 3. The molecular weight excluding hydrogens is 484 g/mol. The van der Waals surface area contributed by atoms with E-state index in [1.54, 1.807) is 24.3 Å². The molecule has 0 saturated heterocycles. The zero-order valence-corrected chi connectivity index (χ0v) is 19.7. The van der Waals surface area contributed by atoms with E-state index in [1.165, 1.54) is 31.3 Å². The fourth-order valence-corrected chi connectivity index (χ4v) is 6.14. The van der Waals surface area contributed by atoms with Gasteiger partial charge in [0.15, 0.2) is 11.0 Å². The fourth-order valence-electron chi connectivity index (χ4n) is 4.36. The second-order valence-electron chi connectivity index (χ2n) is 7.96. The minimum absolute atomic E-state index is 0.0665. The first-order chi connectivity index (χ1) is 15.9. The van der Waals surface area contributed by atoms with Crippen LogP contribution in [0.3, 0.4) is 0 Å². The van der Waals surface area contributed by atoms with Gasteiger partial charge in [-0.05, 0) is 42.7 Å². The molecule has 33 heavy (non-hydrogen) atoms. The molecule has 4 aromatic rings. The maximum atomic E-state index is 15.1. The van der Waals surface area contributed by atoms with Crippen molar-refractivity contribution in [3.63, 3.8) is 0 Å². The molecule has 0 radical (unpaired) electrons. The Hall–Kier alpha value is -2.68. The Bertz CT molecular complexity index is 1370. The van der Waals surface area contributed by atoms with Crippen LogP contribution in [0.2, 0.25) is 10.0 Å². The summed E-state index contributed by atoms with van der Waals surface area (Å²) in [4.78, 5) is 8.81. The number of nitrogen functional groups attached to an aromatic ring is 1. The summed E-state index contributed by atoms with van der Waals surface area (Å²) in [6.45, 7) is 0. The Morgan fingerprint density at radius 3 is 2.55 bits per heavy atom. The van der Waals surface area contributed by atoms with Crippen molar-refractivity contribution in [3.05, 3.63) is 64.8 Å². The summed E-state index contributed by atoms with van der Waals surface area (Å²) in [5.74, 6) is -0.218. The highest BCUT2D eigenvalue weighted by Crippen LogP contribution is 2.39. The van der Waals surface area contributed by atoms with Crippen molar-refractivity contribution >= 4 is 56.7 Å². The molecule has 5 rings (SSSR count). The molecule has 1 atom stereocenters. The quantitative estimate of drug-likeness (QED) is 0.331. The number of nitrogens with one attached hydrogen (secondary N) is 1. The molecule has 2 aromatic carbocycles. The van der Waals surface area contributed by atoms with Gasteiger partial charge in [-0.1, -0.05) is 48.2 Å². The van der Waals surface area contributed by atoms with E-state index in [1.807, 2.05) is 6.20 Å². The number of aromatic nitrogens is 3. The van der Waals surface area contributed by atoms with Crippen LogP contribution in [0, 0.1) is 5.82 Å². The first-order valence-electron chi connectivity index (χ1n) is 10.5. The molecule has 2 aromatic heterocycles. The molecule has 6 nitrogen and oxygen atoms in total. The van der Waals surface area contributed by atoms with Gasteiger partial charge in [0.1, 0.15) is 23.6 Å².